The molecule has 0 radical (unpaired) electrons. The standard InChI is InChI=1S/C14H20ClN3O2/c1-13(2)6-10(14(3,4)20-13)18-12-9(15)5-8(7-17-12)11(16)19/h5,7,10H,6H2,1-4H3,(H2,16,19)(H,17,18). The van der Waals surface area contributed by atoms with Gasteiger partial charge in [-0.25, -0.2) is 4.98 Å². The first-order chi connectivity index (χ1) is 9.11. The van der Waals surface area contributed by atoms with Crippen LogP contribution >= 0.6 is 11.6 Å². The number of pyridine rings is 1. The van der Waals surface area contributed by atoms with Crippen LogP contribution in [0.15, 0.2) is 12.3 Å². The average Bonchev–Trinajstić information content (AvgIpc) is 2.49. The van der Waals surface area contributed by atoms with Crippen molar-refractivity contribution in [3.8, 4) is 0 Å². The van der Waals surface area contributed by atoms with Crippen molar-refractivity contribution in [2.45, 2.75) is 51.4 Å². The molecule has 1 atom stereocenters. The predicted molar refractivity (Wildman–Crippen MR) is 79.0 cm³/mol. The molecule has 2 rings (SSSR count). The van der Waals surface area contributed by atoms with Crippen molar-refractivity contribution in [1.29, 1.82) is 0 Å². The molecular formula is C14H20ClN3O2. The molecule has 20 heavy (non-hydrogen) atoms. The molecule has 0 aliphatic carbocycles. The molecule has 1 unspecified atom stereocenters. The second-order valence-electron chi connectivity index (χ2n) is 6.28. The number of nitrogens with two attached hydrogens (primary N) is 1. The minimum Gasteiger partial charge on any atom is -0.367 e. The van der Waals surface area contributed by atoms with Gasteiger partial charge < -0.3 is 15.8 Å². The number of hydrogen-bond acceptors (Lipinski definition) is 4. The lowest BCUT2D eigenvalue weighted by Gasteiger charge is -2.28. The molecule has 0 saturated carbocycles. The zero-order chi connectivity index (χ0) is 15.1. The van der Waals surface area contributed by atoms with Gasteiger partial charge in [0.1, 0.15) is 5.82 Å². The molecule has 1 saturated heterocycles. The topological polar surface area (TPSA) is 77.2 Å². The van der Waals surface area contributed by atoms with Crippen molar-refractivity contribution in [2.75, 3.05) is 5.32 Å². The Bertz CT molecular complexity index is 543. The molecule has 2 heterocycles. The van der Waals surface area contributed by atoms with Gasteiger partial charge in [-0.1, -0.05) is 11.6 Å². The van der Waals surface area contributed by atoms with Gasteiger partial charge >= 0.3 is 0 Å². The third-order valence-electron chi connectivity index (χ3n) is 3.51. The summed E-state index contributed by atoms with van der Waals surface area (Å²) >= 11 is 6.14. The molecule has 1 amide bonds. The lowest BCUT2D eigenvalue weighted by molar-refractivity contribution is -0.0662. The molecule has 1 aromatic heterocycles. The molecule has 1 fully saturated rings. The quantitative estimate of drug-likeness (QED) is 0.899. The largest absolute Gasteiger partial charge is 0.367 e. The molecule has 5 nitrogen and oxygen atoms in total. The van der Waals surface area contributed by atoms with Crippen LogP contribution in [0.1, 0.15) is 44.5 Å². The van der Waals surface area contributed by atoms with E-state index in [1.54, 1.807) is 0 Å². The Labute approximate surface area is 123 Å². The molecule has 0 bridgehead atoms. The van der Waals surface area contributed by atoms with E-state index in [0.717, 1.165) is 6.42 Å². The number of amides is 1. The Hall–Kier alpha value is -1.33. The van der Waals surface area contributed by atoms with E-state index in [-0.39, 0.29) is 17.2 Å². The number of rotatable bonds is 3. The van der Waals surface area contributed by atoms with Crippen LogP contribution in [-0.4, -0.2) is 28.1 Å². The summed E-state index contributed by atoms with van der Waals surface area (Å²) in [4.78, 5) is 15.3. The zero-order valence-corrected chi connectivity index (χ0v) is 12.9. The smallest absolute Gasteiger partial charge is 0.250 e. The molecule has 1 aromatic rings. The molecule has 1 aliphatic heterocycles. The number of nitrogens with one attached hydrogen (secondary N) is 1. The summed E-state index contributed by atoms with van der Waals surface area (Å²) in [5, 5.41) is 3.68. The predicted octanol–water partition coefficient (Wildman–Crippen LogP) is 2.59. The van der Waals surface area contributed by atoms with Crippen LogP contribution < -0.4 is 11.1 Å². The van der Waals surface area contributed by atoms with E-state index in [2.05, 4.69) is 24.1 Å². The summed E-state index contributed by atoms with van der Waals surface area (Å²) in [5.74, 6) is -0.00680. The average molecular weight is 298 g/mol. The van der Waals surface area contributed by atoms with Crippen LogP contribution in [0.3, 0.4) is 0 Å². The maximum atomic E-state index is 11.1. The number of nitrogens with zero attached hydrogens (tertiary/aromatic N) is 1. The fourth-order valence-electron chi connectivity index (χ4n) is 2.63. The summed E-state index contributed by atoms with van der Waals surface area (Å²) in [5.41, 5.74) is 4.98. The summed E-state index contributed by atoms with van der Waals surface area (Å²) in [6.45, 7) is 8.18. The highest BCUT2D eigenvalue weighted by Crippen LogP contribution is 2.39. The summed E-state index contributed by atoms with van der Waals surface area (Å²) in [6.07, 6.45) is 2.26. The van der Waals surface area contributed by atoms with Crippen molar-refractivity contribution in [3.05, 3.63) is 22.8 Å². The van der Waals surface area contributed by atoms with E-state index < -0.39 is 5.91 Å². The van der Waals surface area contributed by atoms with Gasteiger partial charge in [0.05, 0.1) is 27.8 Å². The minimum atomic E-state index is -0.545. The van der Waals surface area contributed by atoms with E-state index in [9.17, 15) is 4.79 Å². The number of ether oxygens (including phenoxy) is 1. The van der Waals surface area contributed by atoms with Gasteiger partial charge in [-0.2, -0.15) is 0 Å². The highest BCUT2D eigenvalue weighted by Gasteiger charge is 2.46. The van der Waals surface area contributed by atoms with Crippen LogP contribution in [0.25, 0.3) is 0 Å². The number of carbonyl (C=O) groups is 1. The van der Waals surface area contributed by atoms with Crippen LogP contribution in [0.2, 0.25) is 5.02 Å². The maximum absolute atomic E-state index is 11.1. The molecule has 1 aliphatic rings. The number of hydrogen-bond donors (Lipinski definition) is 2. The highest BCUT2D eigenvalue weighted by molar-refractivity contribution is 6.33. The summed E-state index contributed by atoms with van der Waals surface area (Å²) in [6, 6.07) is 1.61. The lowest BCUT2D eigenvalue weighted by Crippen LogP contribution is -2.38. The van der Waals surface area contributed by atoms with E-state index in [1.807, 2.05) is 13.8 Å². The van der Waals surface area contributed by atoms with E-state index in [0.29, 0.717) is 16.4 Å². The van der Waals surface area contributed by atoms with Crippen molar-refractivity contribution in [1.82, 2.24) is 4.98 Å². The van der Waals surface area contributed by atoms with Crippen molar-refractivity contribution in [2.24, 2.45) is 5.73 Å². The normalized spacial score (nSPS) is 23.6. The monoisotopic (exact) mass is 297 g/mol. The summed E-state index contributed by atoms with van der Waals surface area (Å²) < 4.78 is 6.02. The zero-order valence-electron chi connectivity index (χ0n) is 12.2. The highest BCUT2D eigenvalue weighted by atomic mass is 35.5. The molecule has 3 N–H and O–H groups in total. The number of carbonyl (C=O) groups excluding carboxylic acids is 1. The maximum Gasteiger partial charge on any atom is 0.250 e. The fourth-order valence-corrected chi connectivity index (χ4v) is 2.85. The van der Waals surface area contributed by atoms with Crippen molar-refractivity contribution < 1.29 is 9.53 Å². The fraction of sp³-hybridized carbons (Fsp3) is 0.571. The lowest BCUT2D eigenvalue weighted by atomic mass is 9.94. The van der Waals surface area contributed by atoms with Crippen LogP contribution in [-0.2, 0) is 4.74 Å². The Morgan fingerprint density at radius 1 is 1.50 bits per heavy atom. The minimum absolute atomic E-state index is 0.0851. The molecule has 0 aromatic carbocycles. The Morgan fingerprint density at radius 2 is 2.15 bits per heavy atom. The first kappa shape index (κ1) is 15.1. The molecule has 110 valence electrons. The molecule has 0 spiro atoms. The van der Waals surface area contributed by atoms with Crippen molar-refractivity contribution in [3.63, 3.8) is 0 Å². The summed E-state index contributed by atoms with van der Waals surface area (Å²) in [7, 11) is 0. The van der Waals surface area contributed by atoms with Crippen LogP contribution in [0.4, 0.5) is 5.82 Å². The third kappa shape index (κ3) is 3.04. The second kappa shape index (κ2) is 4.90. The Morgan fingerprint density at radius 3 is 2.60 bits per heavy atom. The number of anilines is 1. The van der Waals surface area contributed by atoms with Crippen LogP contribution in [0, 0.1) is 0 Å². The third-order valence-corrected chi connectivity index (χ3v) is 3.80. The molecule has 6 heteroatoms. The van der Waals surface area contributed by atoms with Gasteiger partial charge in [0.25, 0.3) is 0 Å². The first-order valence-electron chi connectivity index (χ1n) is 6.53. The Kier molecular flexibility index (Phi) is 3.69. The Balaban J connectivity index is 2.21. The van der Waals surface area contributed by atoms with E-state index in [4.69, 9.17) is 22.1 Å². The van der Waals surface area contributed by atoms with E-state index in [1.165, 1.54) is 12.3 Å². The number of halogens is 1. The van der Waals surface area contributed by atoms with Crippen LogP contribution in [0.5, 0.6) is 0 Å². The van der Waals surface area contributed by atoms with Gasteiger partial charge in [-0.05, 0) is 40.2 Å². The second-order valence-corrected chi connectivity index (χ2v) is 6.69. The van der Waals surface area contributed by atoms with E-state index >= 15 is 0 Å². The van der Waals surface area contributed by atoms with Gasteiger partial charge in [0.2, 0.25) is 5.91 Å². The number of aromatic nitrogens is 1. The van der Waals surface area contributed by atoms with Gasteiger partial charge in [0.15, 0.2) is 0 Å². The van der Waals surface area contributed by atoms with Crippen molar-refractivity contribution >= 4 is 23.3 Å². The van der Waals surface area contributed by atoms with Gasteiger partial charge in [-0.3, -0.25) is 4.79 Å². The first-order valence-corrected chi connectivity index (χ1v) is 6.90. The van der Waals surface area contributed by atoms with Gasteiger partial charge in [-0.15, -0.1) is 0 Å². The SMILES string of the molecule is CC1(C)CC(Nc2ncc(C(N)=O)cc2Cl)C(C)(C)O1. The number of primary amides is 1. The molecular weight excluding hydrogens is 278 g/mol. The van der Waals surface area contributed by atoms with Gasteiger partial charge in [0, 0.05) is 6.20 Å².